The summed E-state index contributed by atoms with van der Waals surface area (Å²) in [6.07, 6.45) is 1.56. The highest BCUT2D eigenvalue weighted by atomic mass is 19.1. The van der Waals surface area contributed by atoms with E-state index in [1.54, 1.807) is 53.6 Å². The molecule has 2 heterocycles. The van der Waals surface area contributed by atoms with Gasteiger partial charge in [0, 0.05) is 43.8 Å². The van der Waals surface area contributed by atoms with E-state index >= 15 is 0 Å². The van der Waals surface area contributed by atoms with Gasteiger partial charge in [-0.15, -0.1) is 0 Å². The van der Waals surface area contributed by atoms with Crippen molar-refractivity contribution in [3.63, 3.8) is 0 Å². The van der Waals surface area contributed by atoms with Crippen molar-refractivity contribution < 1.29 is 13.6 Å². The maximum atomic E-state index is 14.0. The van der Waals surface area contributed by atoms with Crippen LogP contribution in [0.1, 0.15) is 10.5 Å². The van der Waals surface area contributed by atoms with Crippen LogP contribution in [-0.2, 0) is 0 Å². The predicted molar refractivity (Wildman–Crippen MR) is 108 cm³/mol. The topological polar surface area (TPSA) is 48.5 Å². The van der Waals surface area contributed by atoms with E-state index < -0.39 is 0 Å². The Balaban J connectivity index is 1.41. The number of rotatable bonds is 4. The highest BCUT2D eigenvalue weighted by molar-refractivity contribution is 5.93. The summed E-state index contributed by atoms with van der Waals surface area (Å²) < 4.78 is 27.0. The fraction of sp³-hybridized carbons (Fsp3) is 0.182. The van der Waals surface area contributed by atoms with Crippen LogP contribution in [0.5, 0.6) is 0 Å². The van der Waals surface area contributed by atoms with Crippen molar-refractivity contribution in [2.45, 2.75) is 0 Å². The van der Waals surface area contributed by atoms with Crippen molar-refractivity contribution in [2.24, 2.45) is 0 Å². The van der Waals surface area contributed by atoms with Crippen molar-refractivity contribution in [3.05, 3.63) is 84.2 Å². The van der Waals surface area contributed by atoms with Crippen LogP contribution in [-0.4, -0.2) is 42.0 Å². The van der Waals surface area contributed by atoms with Gasteiger partial charge in [-0.25, -0.2) is 8.78 Å². The molecule has 5 nitrogen and oxygen atoms in total. The number of carbonyl (C=O) groups is 1. The van der Waals surface area contributed by atoms with Gasteiger partial charge in [-0.2, -0.15) is 0 Å². The van der Waals surface area contributed by atoms with E-state index in [4.69, 9.17) is 0 Å². The van der Waals surface area contributed by atoms with Gasteiger partial charge in [0.1, 0.15) is 17.3 Å². The normalized spacial score (nSPS) is 14.0. The average molecular weight is 394 g/mol. The van der Waals surface area contributed by atoms with Crippen LogP contribution >= 0.6 is 0 Å². The number of anilines is 3. The van der Waals surface area contributed by atoms with Crippen LogP contribution in [0.3, 0.4) is 0 Å². The van der Waals surface area contributed by atoms with Crippen molar-refractivity contribution in [1.29, 1.82) is 0 Å². The van der Waals surface area contributed by atoms with E-state index in [2.05, 4.69) is 10.3 Å². The number of amides is 1. The number of nitrogens with zero attached hydrogens (tertiary/aromatic N) is 3. The SMILES string of the molecule is O=C(c1cc(Nc2ccc(F)cc2)ccn1)N1CCN(c2ccccc2F)CC1. The molecule has 1 aromatic heterocycles. The molecule has 0 unspecified atom stereocenters. The highest BCUT2D eigenvalue weighted by Crippen LogP contribution is 2.21. The molecule has 0 bridgehead atoms. The Morgan fingerprint density at radius 3 is 2.34 bits per heavy atom. The van der Waals surface area contributed by atoms with Crippen LogP contribution < -0.4 is 10.2 Å². The number of para-hydroxylation sites is 1. The maximum Gasteiger partial charge on any atom is 0.272 e. The molecular weight excluding hydrogens is 374 g/mol. The zero-order valence-corrected chi connectivity index (χ0v) is 15.7. The van der Waals surface area contributed by atoms with Gasteiger partial charge < -0.3 is 15.1 Å². The Hall–Kier alpha value is -3.48. The van der Waals surface area contributed by atoms with E-state index in [1.807, 2.05) is 4.90 Å². The molecule has 0 spiro atoms. The van der Waals surface area contributed by atoms with Gasteiger partial charge in [-0.05, 0) is 48.5 Å². The molecule has 0 saturated carbocycles. The molecule has 1 aliphatic heterocycles. The summed E-state index contributed by atoms with van der Waals surface area (Å²) in [5.74, 6) is -0.731. The molecule has 1 aliphatic rings. The van der Waals surface area contributed by atoms with Crippen LogP contribution in [0.15, 0.2) is 66.9 Å². The molecule has 29 heavy (non-hydrogen) atoms. The molecule has 0 radical (unpaired) electrons. The van der Waals surface area contributed by atoms with E-state index in [1.165, 1.54) is 18.2 Å². The quantitative estimate of drug-likeness (QED) is 0.725. The molecule has 0 atom stereocenters. The molecule has 1 fully saturated rings. The number of hydrogen-bond donors (Lipinski definition) is 1. The number of aromatic nitrogens is 1. The molecule has 3 aromatic rings. The summed E-state index contributed by atoms with van der Waals surface area (Å²) in [7, 11) is 0. The van der Waals surface area contributed by atoms with Crippen molar-refractivity contribution >= 4 is 23.0 Å². The number of benzene rings is 2. The lowest BCUT2D eigenvalue weighted by atomic mass is 10.2. The zero-order valence-electron chi connectivity index (χ0n) is 15.7. The van der Waals surface area contributed by atoms with Crippen LogP contribution in [0, 0.1) is 11.6 Å². The van der Waals surface area contributed by atoms with Gasteiger partial charge in [0.2, 0.25) is 0 Å². The molecule has 7 heteroatoms. The van der Waals surface area contributed by atoms with E-state index in [-0.39, 0.29) is 17.5 Å². The Morgan fingerprint density at radius 1 is 0.897 bits per heavy atom. The van der Waals surface area contributed by atoms with E-state index in [9.17, 15) is 13.6 Å². The fourth-order valence-electron chi connectivity index (χ4n) is 3.35. The van der Waals surface area contributed by atoms with Crippen LogP contribution in [0.2, 0.25) is 0 Å². The predicted octanol–water partition coefficient (Wildman–Crippen LogP) is 4.07. The Labute approximate surface area is 167 Å². The first-order valence-corrected chi connectivity index (χ1v) is 9.37. The number of halogens is 2. The lowest BCUT2D eigenvalue weighted by Crippen LogP contribution is -2.49. The molecule has 4 rings (SSSR count). The average Bonchev–Trinajstić information content (AvgIpc) is 2.76. The monoisotopic (exact) mass is 394 g/mol. The minimum Gasteiger partial charge on any atom is -0.366 e. The summed E-state index contributed by atoms with van der Waals surface area (Å²) >= 11 is 0. The number of pyridine rings is 1. The Bertz CT molecular complexity index is 1000. The summed E-state index contributed by atoms with van der Waals surface area (Å²) in [5.41, 5.74) is 2.30. The fourth-order valence-corrected chi connectivity index (χ4v) is 3.35. The molecule has 0 aliphatic carbocycles. The van der Waals surface area contributed by atoms with E-state index in [0.29, 0.717) is 43.2 Å². The smallest absolute Gasteiger partial charge is 0.272 e. The summed E-state index contributed by atoms with van der Waals surface area (Å²) in [6.45, 7) is 2.09. The van der Waals surface area contributed by atoms with Gasteiger partial charge in [0.25, 0.3) is 5.91 Å². The minimum atomic E-state index is -0.310. The number of nitrogens with one attached hydrogen (secondary N) is 1. The van der Waals surface area contributed by atoms with Gasteiger partial charge in [0.05, 0.1) is 5.69 Å². The first kappa shape index (κ1) is 18.9. The second-order valence-electron chi connectivity index (χ2n) is 6.79. The molecular formula is C22H20F2N4O. The summed E-state index contributed by atoms with van der Waals surface area (Å²) in [4.78, 5) is 20.7. The molecule has 1 N–H and O–H groups in total. The lowest BCUT2D eigenvalue weighted by Gasteiger charge is -2.36. The maximum absolute atomic E-state index is 14.0. The second kappa shape index (κ2) is 8.26. The van der Waals surface area contributed by atoms with Crippen molar-refractivity contribution in [1.82, 2.24) is 9.88 Å². The van der Waals surface area contributed by atoms with E-state index in [0.717, 1.165) is 5.69 Å². The van der Waals surface area contributed by atoms with Crippen molar-refractivity contribution in [3.8, 4) is 0 Å². The summed E-state index contributed by atoms with van der Waals surface area (Å²) in [5, 5.41) is 3.14. The first-order chi connectivity index (χ1) is 14.1. The third kappa shape index (κ3) is 4.34. The molecule has 1 amide bonds. The number of piperazine rings is 1. The van der Waals surface area contributed by atoms with Crippen LogP contribution in [0.4, 0.5) is 25.8 Å². The third-order valence-corrected chi connectivity index (χ3v) is 4.87. The lowest BCUT2D eigenvalue weighted by molar-refractivity contribution is 0.0741. The molecule has 2 aromatic carbocycles. The summed E-state index contributed by atoms with van der Waals surface area (Å²) in [6, 6.07) is 16.1. The van der Waals surface area contributed by atoms with Crippen LogP contribution in [0.25, 0.3) is 0 Å². The molecule has 148 valence electrons. The number of hydrogen-bond acceptors (Lipinski definition) is 4. The Kier molecular flexibility index (Phi) is 5.37. The highest BCUT2D eigenvalue weighted by Gasteiger charge is 2.24. The zero-order chi connectivity index (χ0) is 20.2. The standard InChI is InChI=1S/C22H20F2N4O/c23-16-5-7-17(8-6-16)26-18-9-10-25-20(15-18)22(29)28-13-11-27(12-14-28)21-4-2-1-3-19(21)24/h1-10,15H,11-14H2,(H,25,26). The number of carbonyl (C=O) groups excluding carboxylic acids is 1. The van der Waals surface area contributed by atoms with Gasteiger partial charge in [-0.3, -0.25) is 9.78 Å². The second-order valence-corrected chi connectivity index (χ2v) is 6.79. The first-order valence-electron chi connectivity index (χ1n) is 9.37. The van der Waals surface area contributed by atoms with Crippen molar-refractivity contribution in [2.75, 3.05) is 36.4 Å². The van der Waals surface area contributed by atoms with Gasteiger partial charge in [-0.1, -0.05) is 12.1 Å². The third-order valence-electron chi connectivity index (χ3n) is 4.87. The largest absolute Gasteiger partial charge is 0.366 e. The van der Waals surface area contributed by atoms with Gasteiger partial charge >= 0.3 is 0 Å². The minimum absolute atomic E-state index is 0.166. The Morgan fingerprint density at radius 2 is 1.62 bits per heavy atom. The molecule has 1 saturated heterocycles. The van der Waals surface area contributed by atoms with Gasteiger partial charge in [0.15, 0.2) is 0 Å².